The highest BCUT2D eigenvalue weighted by Gasteiger charge is 2.61. The van der Waals surface area contributed by atoms with Crippen molar-refractivity contribution in [2.45, 2.75) is 97.8 Å². The quantitative estimate of drug-likeness (QED) is 0.663. The van der Waals surface area contributed by atoms with Gasteiger partial charge in [-0.3, -0.25) is 9.98 Å². The fourth-order valence-electron chi connectivity index (χ4n) is 7.92. The summed E-state index contributed by atoms with van der Waals surface area (Å²) in [5.41, 5.74) is 2.83. The van der Waals surface area contributed by atoms with Gasteiger partial charge in [-0.2, -0.15) is 0 Å². The fourth-order valence-corrected chi connectivity index (χ4v) is 7.92. The number of aromatic nitrogens is 1. The number of hydrogen-bond acceptors (Lipinski definition) is 4. The lowest BCUT2D eigenvalue weighted by Crippen LogP contribution is -2.58. The highest BCUT2D eigenvalue weighted by molar-refractivity contribution is 5.92. The van der Waals surface area contributed by atoms with Crippen molar-refractivity contribution >= 4 is 5.71 Å². The van der Waals surface area contributed by atoms with Crippen molar-refractivity contribution in [3.8, 4) is 0 Å². The van der Waals surface area contributed by atoms with Gasteiger partial charge in [0.25, 0.3) is 0 Å². The van der Waals surface area contributed by atoms with Crippen molar-refractivity contribution in [3.63, 3.8) is 0 Å². The molecule has 4 aliphatic rings. The van der Waals surface area contributed by atoms with Crippen LogP contribution in [0.3, 0.4) is 0 Å². The number of aliphatic hydroxyl groups is 2. The molecule has 31 heavy (non-hydrogen) atoms. The van der Waals surface area contributed by atoms with Crippen molar-refractivity contribution in [2.24, 2.45) is 39.5 Å². The van der Waals surface area contributed by atoms with Crippen LogP contribution in [0.5, 0.6) is 0 Å². The Morgan fingerprint density at radius 1 is 1.03 bits per heavy atom. The fraction of sp³-hybridized carbons (Fsp3) is 0.778. The molecule has 0 bridgehead atoms. The van der Waals surface area contributed by atoms with Crippen LogP contribution in [-0.2, 0) is 6.54 Å². The molecule has 5 rings (SSSR count). The summed E-state index contributed by atoms with van der Waals surface area (Å²) in [6, 6.07) is 6.04. The third-order valence-electron chi connectivity index (χ3n) is 9.55. The second-order valence-corrected chi connectivity index (χ2v) is 10.8. The van der Waals surface area contributed by atoms with Gasteiger partial charge in [0.05, 0.1) is 24.4 Å². The molecule has 0 saturated heterocycles. The summed E-state index contributed by atoms with van der Waals surface area (Å²) < 4.78 is 0. The van der Waals surface area contributed by atoms with E-state index in [1.807, 2.05) is 32.2 Å². The lowest BCUT2D eigenvalue weighted by Gasteiger charge is -2.61. The van der Waals surface area contributed by atoms with Crippen molar-refractivity contribution in [1.82, 2.24) is 4.98 Å². The third-order valence-corrected chi connectivity index (χ3v) is 9.55. The Kier molecular flexibility index (Phi) is 6.61. The Balaban J connectivity index is 0.00000112. The SMILES string of the molecule is CC.C[C@]12CC[C@@H](O)C[C@H]1C[C@@H](O)[C@@H]1[C@@H]2CC[C@]2(C)C(=NCc3ccccn3)CC[C@@H]12. The first-order valence-corrected chi connectivity index (χ1v) is 12.7. The van der Waals surface area contributed by atoms with E-state index in [4.69, 9.17) is 4.99 Å². The molecule has 1 aromatic rings. The van der Waals surface area contributed by atoms with Gasteiger partial charge in [-0.05, 0) is 92.6 Å². The van der Waals surface area contributed by atoms with Crippen LogP contribution in [0.25, 0.3) is 0 Å². The lowest BCUT2D eigenvalue weighted by molar-refractivity contribution is -0.162. The molecular formula is C27H42N2O2. The van der Waals surface area contributed by atoms with E-state index in [1.54, 1.807) is 0 Å². The number of fused-ring (bicyclic) bond motifs is 5. The summed E-state index contributed by atoms with van der Waals surface area (Å²) >= 11 is 0. The van der Waals surface area contributed by atoms with E-state index < -0.39 is 0 Å². The number of nitrogens with zero attached hydrogens (tertiary/aromatic N) is 2. The first-order valence-electron chi connectivity index (χ1n) is 12.7. The zero-order chi connectivity index (χ0) is 22.2. The lowest BCUT2D eigenvalue weighted by atomic mass is 9.44. The van der Waals surface area contributed by atoms with Crippen LogP contribution in [0.4, 0.5) is 0 Å². The van der Waals surface area contributed by atoms with Crippen LogP contribution in [0.2, 0.25) is 0 Å². The van der Waals surface area contributed by atoms with E-state index in [2.05, 4.69) is 24.9 Å². The molecule has 8 atom stereocenters. The van der Waals surface area contributed by atoms with Crippen LogP contribution >= 0.6 is 0 Å². The topological polar surface area (TPSA) is 65.7 Å². The molecule has 0 aliphatic heterocycles. The maximum atomic E-state index is 11.3. The molecule has 0 unspecified atom stereocenters. The molecule has 4 nitrogen and oxygen atoms in total. The standard InChI is InChI=1S/C25H36N2O2.C2H6/c1-24-10-8-18(28)13-16(24)14-21(29)23-19-6-7-22(25(19,2)11-9-20(23)24)27-15-17-5-3-4-12-26-17;1-2/h3-5,12,16,18-21,23,28-29H,6-11,13-15H2,1-2H3;1-2H3/t16-,18+,19-,20-,21+,23-,24-,25-;/m0./s1. The highest BCUT2D eigenvalue weighted by atomic mass is 16.3. The van der Waals surface area contributed by atoms with Crippen LogP contribution in [0, 0.1) is 34.5 Å². The number of hydrogen-bond donors (Lipinski definition) is 2. The highest BCUT2D eigenvalue weighted by Crippen LogP contribution is 2.65. The van der Waals surface area contributed by atoms with Gasteiger partial charge in [-0.1, -0.05) is 33.8 Å². The summed E-state index contributed by atoms with van der Waals surface area (Å²) in [6.45, 7) is 9.57. The Morgan fingerprint density at radius 2 is 1.84 bits per heavy atom. The number of aliphatic imine (C=N–C) groups is 1. The van der Waals surface area contributed by atoms with Crippen molar-refractivity contribution in [2.75, 3.05) is 0 Å². The van der Waals surface area contributed by atoms with E-state index in [0.29, 0.717) is 30.2 Å². The molecule has 1 heterocycles. The maximum absolute atomic E-state index is 11.3. The molecule has 0 amide bonds. The van der Waals surface area contributed by atoms with E-state index in [0.717, 1.165) is 37.8 Å². The van der Waals surface area contributed by atoms with Gasteiger partial charge in [0, 0.05) is 17.3 Å². The van der Waals surface area contributed by atoms with Crippen molar-refractivity contribution in [3.05, 3.63) is 30.1 Å². The average molecular weight is 427 g/mol. The molecule has 4 aliphatic carbocycles. The second kappa shape index (κ2) is 8.94. The minimum absolute atomic E-state index is 0.133. The molecule has 0 spiro atoms. The van der Waals surface area contributed by atoms with Crippen LogP contribution in [-0.4, -0.2) is 33.1 Å². The van der Waals surface area contributed by atoms with Crippen LogP contribution < -0.4 is 0 Å². The smallest absolute Gasteiger partial charge is 0.0811 e. The predicted molar refractivity (Wildman–Crippen MR) is 126 cm³/mol. The summed E-state index contributed by atoms with van der Waals surface area (Å²) in [4.78, 5) is 9.50. The summed E-state index contributed by atoms with van der Waals surface area (Å²) in [7, 11) is 0. The largest absolute Gasteiger partial charge is 0.393 e. The second-order valence-electron chi connectivity index (χ2n) is 10.8. The molecule has 4 heteroatoms. The van der Waals surface area contributed by atoms with E-state index in [-0.39, 0.29) is 23.0 Å². The minimum Gasteiger partial charge on any atom is -0.393 e. The minimum atomic E-state index is -0.219. The van der Waals surface area contributed by atoms with Gasteiger partial charge < -0.3 is 10.2 Å². The molecule has 0 aromatic carbocycles. The van der Waals surface area contributed by atoms with Gasteiger partial charge in [-0.15, -0.1) is 0 Å². The van der Waals surface area contributed by atoms with Gasteiger partial charge in [-0.25, -0.2) is 0 Å². The van der Waals surface area contributed by atoms with Gasteiger partial charge in [0.15, 0.2) is 0 Å². The van der Waals surface area contributed by atoms with Crippen LogP contribution in [0.1, 0.15) is 84.8 Å². The van der Waals surface area contributed by atoms with E-state index in [9.17, 15) is 10.2 Å². The Hall–Kier alpha value is -1.26. The Bertz CT molecular complexity index is 781. The molecule has 0 radical (unpaired) electrons. The van der Waals surface area contributed by atoms with Gasteiger partial charge >= 0.3 is 0 Å². The van der Waals surface area contributed by atoms with E-state index in [1.165, 1.54) is 25.0 Å². The first kappa shape index (κ1) is 22.9. The molecule has 1 aromatic heterocycles. The third kappa shape index (κ3) is 3.88. The molecule has 2 N–H and O–H groups in total. The van der Waals surface area contributed by atoms with Crippen LogP contribution in [0.15, 0.2) is 29.4 Å². The molecule has 4 saturated carbocycles. The Labute approximate surface area is 188 Å². The monoisotopic (exact) mass is 426 g/mol. The first-order chi connectivity index (χ1) is 14.9. The Morgan fingerprint density at radius 3 is 2.58 bits per heavy atom. The summed E-state index contributed by atoms with van der Waals surface area (Å²) in [5.74, 6) is 2.01. The molecule has 172 valence electrons. The maximum Gasteiger partial charge on any atom is 0.0811 e. The normalized spacial score (nSPS) is 45.2. The predicted octanol–water partition coefficient (Wildman–Crippen LogP) is 5.42. The number of aliphatic hydroxyl groups excluding tert-OH is 2. The molecular weight excluding hydrogens is 384 g/mol. The van der Waals surface area contributed by atoms with Gasteiger partial charge in [0.1, 0.15) is 0 Å². The van der Waals surface area contributed by atoms with Crippen molar-refractivity contribution < 1.29 is 10.2 Å². The zero-order valence-corrected chi connectivity index (χ0v) is 19.9. The van der Waals surface area contributed by atoms with E-state index >= 15 is 0 Å². The zero-order valence-electron chi connectivity index (χ0n) is 19.9. The average Bonchev–Trinajstić information content (AvgIpc) is 3.12. The summed E-state index contributed by atoms with van der Waals surface area (Å²) in [6.07, 6.45) is 9.90. The van der Waals surface area contributed by atoms with Crippen molar-refractivity contribution in [1.29, 1.82) is 0 Å². The number of rotatable bonds is 2. The van der Waals surface area contributed by atoms with Gasteiger partial charge in [0.2, 0.25) is 0 Å². The summed E-state index contributed by atoms with van der Waals surface area (Å²) in [5, 5.41) is 21.5. The number of pyridine rings is 1. The molecule has 4 fully saturated rings.